The monoisotopic (exact) mass is 239 g/mol. The van der Waals surface area contributed by atoms with Crippen LogP contribution >= 0.6 is 11.6 Å². The minimum absolute atomic E-state index is 0.0158. The lowest BCUT2D eigenvalue weighted by Crippen LogP contribution is -2.61. The molecule has 3 heteroatoms. The van der Waals surface area contributed by atoms with E-state index in [1.807, 2.05) is 18.2 Å². The maximum Gasteiger partial charge on any atom is 0.0911 e. The zero-order chi connectivity index (χ0) is 11.4. The zero-order valence-electron chi connectivity index (χ0n) is 9.66. The molecule has 1 aromatic rings. The quantitative estimate of drug-likeness (QED) is 0.733. The van der Waals surface area contributed by atoms with Crippen LogP contribution in [0.15, 0.2) is 30.3 Å². The zero-order valence-corrected chi connectivity index (χ0v) is 10.4. The highest BCUT2D eigenvalue weighted by molar-refractivity contribution is 6.18. The minimum atomic E-state index is 0.0158. The van der Waals surface area contributed by atoms with Gasteiger partial charge in [-0.15, -0.1) is 11.6 Å². The van der Waals surface area contributed by atoms with Gasteiger partial charge in [0.15, 0.2) is 0 Å². The summed E-state index contributed by atoms with van der Waals surface area (Å²) >= 11 is 5.69. The molecule has 2 rings (SSSR count). The van der Waals surface area contributed by atoms with Crippen molar-refractivity contribution in [3.8, 4) is 0 Å². The Bertz CT molecular complexity index is 322. The second kappa shape index (κ2) is 5.17. The van der Waals surface area contributed by atoms with E-state index in [1.54, 1.807) is 0 Å². The molecule has 1 aliphatic heterocycles. The highest BCUT2D eigenvalue weighted by atomic mass is 35.5. The molecular weight excluding hydrogens is 222 g/mol. The van der Waals surface area contributed by atoms with E-state index in [0.717, 1.165) is 19.6 Å². The lowest BCUT2D eigenvalue weighted by Gasteiger charge is -2.47. The molecule has 0 atom stereocenters. The number of benzene rings is 1. The molecule has 0 unspecified atom stereocenters. The number of rotatable bonds is 5. The highest BCUT2D eigenvalue weighted by Crippen LogP contribution is 2.25. The second-order valence-electron chi connectivity index (χ2n) is 4.62. The van der Waals surface area contributed by atoms with Crippen molar-refractivity contribution in [2.75, 3.05) is 25.5 Å². The van der Waals surface area contributed by atoms with Gasteiger partial charge in [0.2, 0.25) is 0 Å². The minimum Gasteiger partial charge on any atom is -0.368 e. The lowest BCUT2D eigenvalue weighted by atomic mass is 9.96. The fraction of sp³-hybridized carbons (Fsp3) is 0.538. The van der Waals surface area contributed by atoms with Crippen LogP contribution in [-0.2, 0) is 11.3 Å². The van der Waals surface area contributed by atoms with Gasteiger partial charge in [-0.2, -0.15) is 0 Å². The summed E-state index contributed by atoms with van der Waals surface area (Å²) in [6.45, 7) is 5.82. The van der Waals surface area contributed by atoms with Crippen LogP contribution in [0, 0.1) is 0 Å². The molecule has 0 spiro atoms. The molecule has 1 fully saturated rings. The molecule has 1 heterocycles. The molecule has 0 saturated carbocycles. The third kappa shape index (κ3) is 2.97. The van der Waals surface area contributed by atoms with Crippen LogP contribution in [0.3, 0.4) is 0 Å². The van der Waals surface area contributed by atoms with Crippen LogP contribution in [0.5, 0.6) is 0 Å². The summed E-state index contributed by atoms with van der Waals surface area (Å²) in [7, 11) is 0. The van der Waals surface area contributed by atoms with Gasteiger partial charge in [0.25, 0.3) is 0 Å². The first-order valence-electron chi connectivity index (χ1n) is 5.68. The molecular formula is C13H18ClNO. The molecule has 0 aliphatic carbocycles. The first-order chi connectivity index (χ1) is 7.72. The average molecular weight is 240 g/mol. The summed E-state index contributed by atoms with van der Waals surface area (Å²) in [5.41, 5.74) is 1.25. The van der Waals surface area contributed by atoms with Crippen LogP contribution in [0.25, 0.3) is 0 Å². The van der Waals surface area contributed by atoms with Crippen molar-refractivity contribution >= 4 is 11.6 Å². The van der Waals surface area contributed by atoms with Crippen LogP contribution in [0.4, 0.5) is 0 Å². The van der Waals surface area contributed by atoms with Crippen molar-refractivity contribution in [3.63, 3.8) is 0 Å². The molecule has 1 aromatic carbocycles. The summed E-state index contributed by atoms with van der Waals surface area (Å²) < 4.78 is 5.94. The van der Waals surface area contributed by atoms with Crippen LogP contribution < -0.4 is 0 Å². The van der Waals surface area contributed by atoms with Gasteiger partial charge in [0, 0.05) is 25.5 Å². The maximum absolute atomic E-state index is 5.94. The van der Waals surface area contributed by atoms with Gasteiger partial charge in [-0.25, -0.2) is 0 Å². The molecule has 0 aromatic heterocycles. The summed E-state index contributed by atoms with van der Waals surface area (Å²) in [4.78, 5) is 2.32. The number of halogens is 1. The topological polar surface area (TPSA) is 12.5 Å². The van der Waals surface area contributed by atoms with E-state index in [0.29, 0.717) is 12.5 Å². The number of likely N-dealkylation sites (tertiary alicyclic amines) is 1. The Morgan fingerprint density at radius 2 is 2.00 bits per heavy atom. The van der Waals surface area contributed by atoms with Crippen molar-refractivity contribution in [2.45, 2.75) is 19.1 Å². The van der Waals surface area contributed by atoms with E-state index < -0.39 is 0 Å². The predicted octanol–water partition coefficient (Wildman–Crippen LogP) is 2.52. The molecule has 0 bridgehead atoms. The summed E-state index contributed by atoms with van der Waals surface area (Å²) in [5.74, 6) is 0.703. The first kappa shape index (κ1) is 11.9. The van der Waals surface area contributed by atoms with Gasteiger partial charge in [-0.1, -0.05) is 30.3 Å². The molecule has 1 aliphatic rings. The molecule has 1 saturated heterocycles. The van der Waals surface area contributed by atoms with Crippen LogP contribution in [0.1, 0.15) is 12.5 Å². The van der Waals surface area contributed by atoms with E-state index in [9.17, 15) is 0 Å². The maximum atomic E-state index is 5.94. The van der Waals surface area contributed by atoms with E-state index in [1.165, 1.54) is 5.56 Å². The molecule has 16 heavy (non-hydrogen) atoms. The van der Waals surface area contributed by atoms with Gasteiger partial charge < -0.3 is 4.74 Å². The Morgan fingerprint density at radius 3 is 2.62 bits per heavy atom. The van der Waals surface area contributed by atoms with Crippen molar-refractivity contribution in [1.29, 1.82) is 0 Å². The summed E-state index contributed by atoms with van der Waals surface area (Å²) in [6.07, 6.45) is 0. The molecule has 0 amide bonds. The van der Waals surface area contributed by atoms with Gasteiger partial charge in [0.05, 0.1) is 12.2 Å². The van der Waals surface area contributed by atoms with E-state index in [-0.39, 0.29) is 5.60 Å². The normalized spacial score (nSPS) is 19.4. The molecule has 2 nitrogen and oxygen atoms in total. The number of nitrogens with zero attached hydrogens (tertiary/aromatic N) is 1. The van der Waals surface area contributed by atoms with Crippen molar-refractivity contribution in [2.24, 2.45) is 0 Å². The standard InChI is InChI=1S/C13H18ClNO/c1-13(10-15(11-13)8-7-14)16-9-12-5-3-2-4-6-12/h2-6H,7-11H2,1H3. The van der Waals surface area contributed by atoms with Gasteiger partial charge in [-0.05, 0) is 12.5 Å². The molecule has 0 N–H and O–H groups in total. The molecule has 0 radical (unpaired) electrons. The van der Waals surface area contributed by atoms with Crippen molar-refractivity contribution < 1.29 is 4.74 Å². The Morgan fingerprint density at radius 1 is 1.31 bits per heavy atom. The van der Waals surface area contributed by atoms with Gasteiger partial charge in [0.1, 0.15) is 0 Å². The predicted molar refractivity (Wildman–Crippen MR) is 66.8 cm³/mol. The number of ether oxygens (including phenoxy) is 1. The van der Waals surface area contributed by atoms with Crippen LogP contribution in [-0.4, -0.2) is 36.0 Å². The second-order valence-corrected chi connectivity index (χ2v) is 5.00. The SMILES string of the molecule is CC1(OCc2ccccc2)CN(CCCl)C1. The Labute approximate surface area is 102 Å². The van der Waals surface area contributed by atoms with Crippen LogP contribution in [0.2, 0.25) is 0 Å². The van der Waals surface area contributed by atoms with Gasteiger partial charge in [-0.3, -0.25) is 4.90 Å². The fourth-order valence-electron chi connectivity index (χ4n) is 2.10. The third-order valence-corrected chi connectivity index (χ3v) is 3.12. The van der Waals surface area contributed by atoms with E-state index in [4.69, 9.17) is 16.3 Å². The van der Waals surface area contributed by atoms with Crippen molar-refractivity contribution in [1.82, 2.24) is 4.90 Å². The van der Waals surface area contributed by atoms with E-state index in [2.05, 4.69) is 24.0 Å². The summed E-state index contributed by atoms with van der Waals surface area (Å²) in [5, 5.41) is 0. The lowest BCUT2D eigenvalue weighted by molar-refractivity contribution is -0.137. The first-order valence-corrected chi connectivity index (χ1v) is 6.21. The number of hydrogen-bond donors (Lipinski definition) is 0. The Balaban J connectivity index is 1.75. The average Bonchev–Trinajstić information content (AvgIpc) is 2.26. The smallest absolute Gasteiger partial charge is 0.0911 e. The number of hydrogen-bond acceptors (Lipinski definition) is 2. The van der Waals surface area contributed by atoms with E-state index >= 15 is 0 Å². The number of alkyl halides is 1. The largest absolute Gasteiger partial charge is 0.368 e. The third-order valence-electron chi connectivity index (χ3n) is 2.95. The van der Waals surface area contributed by atoms with Gasteiger partial charge >= 0.3 is 0 Å². The Kier molecular flexibility index (Phi) is 3.85. The highest BCUT2D eigenvalue weighted by Gasteiger charge is 2.38. The Hall–Kier alpha value is -0.570. The van der Waals surface area contributed by atoms with Crippen molar-refractivity contribution in [3.05, 3.63) is 35.9 Å². The molecule has 88 valence electrons. The fourth-order valence-corrected chi connectivity index (χ4v) is 2.34. The summed E-state index contributed by atoms with van der Waals surface area (Å²) in [6, 6.07) is 10.3.